The molecule has 4 aromatic rings. The molecule has 3 heterocycles. The van der Waals surface area contributed by atoms with Crippen LogP contribution in [-0.4, -0.2) is 53.9 Å². The fourth-order valence-corrected chi connectivity index (χ4v) is 5.03. The van der Waals surface area contributed by atoms with Gasteiger partial charge in [0.1, 0.15) is 6.33 Å². The van der Waals surface area contributed by atoms with Crippen molar-refractivity contribution in [2.24, 2.45) is 0 Å². The third-order valence-electron chi connectivity index (χ3n) is 5.12. The third kappa shape index (κ3) is 3.15. The van der Waals surface area contributed by atoms with E-state index >= 15 is 0 Å². The van der Waals surface area contributed by atoms with Gasteiger partial charge in [-0.05, 0) is 30.3 Å². The van der Waals surface area contributed by atoms with Gasteiger partial charge in [0.05, 0.1) is 15.9 Å². The largest absolute Gasteiger partial charge is 0.417 e. The van der Waals surface area contributed by atoms with E-state index in [1.54, 1.807) is 12.3 Å². The van der Waals surface area contributed by atoms with Crippen LogP contribution in [0.25, 0.3) is 22.0 Å². The van der Waals surface area contributed by atoms with Crippen molar-refractivity contribution in [3.05, 3.63) is 59.5 Å². The van der Waals surface area contributed by atoms with Gasteiger partial charge in [-0.15, -0.1) is 0 Å². The lowest BCUT2D eigenvalue weighted by atomic mass is 10.2. The summed E-state index contributed by atoms with van der Waals surface area (Å²) >= 11 is 0. The number of piperazine rings is 1. The molecule has 0 saturated carbocycles. The van der Waals surface area contributed by atoms with Gasteiger partial charge in [0.2, 0.25) is 10.0 Å². The van der Waals surface area contributed by atoms with Crippen LogP contribution in [0.3, 0.4) is 0 Å². The van der Waals surface area contributed by atoms with Crippen molar-refractivity contribution in [3.8, 4) is 0 Å². The number of hydrogen-bond donors (Lipinski definition) is 1. The molecule has 1 aliphatic heterocycles. The van der Waals surface area contributed by atoms with Gasteiger partial charge >= 0.3 is 5.76 Å². The summed E-state index contributed by atoms with van der Waals surface area (Å²) in [7, 11) is -3.67. The molecule has 1 fully saturated rings. The molecule has 1 aliphatic rings. The number of aromatic nitrogens is 3. The molecule has 148 valence electrons. The van der Waals surface area contributed by atoms with Crippen molar-refractivity contribution in [2.45, 2.75) is 4.90 Å². The molecule has 0 spiro atoms. The highest BCUT2D eigenvalue weighted by Crippen LogP contribution is 2.25. The zero-order valence-electron chi connectivity index (χ0n) is 15.3. The van der Waals surface area contributed by atoms with Gasteiger partial charge in [-0.3, -0.25) is 4.98 Å². The lowest BCUT2D eigenvalue weighted by Crippen LogP contribution is -2.48. The Morgan fingerprint density at radius 2 is 1.86 bits per heavy atom. The quantitative estimate of drug-likeness (QED) is 0.544. The first-order chi connectivity index (χ1) is 14.0. The first kappa shape index (κ1) is 17.8. The number of benzene rings is 2. The Morgan fingerprint density at radius 3 is 2.69 bits per heavy atom. The molecule has 0 bridgehead atoms. The number of hydrogen-bond acceptors (Lipinski definition) is 7. The Hall–Kier alpha value is -3.24. The second-order valence-corrected chi connectivity index (χ2v) is 8.77. The van der Waals surface area contributed by atoms with Crippen LogP contribution in [0.5, 0.6) is 0 Å². The monoisotopic (exact) mass is 411 g/mol. The van der Waals surface area contributed by atoms with E-state index in [1.807, 2.05) is 18.2 Å². The molecule has 0 amide bonds. The molecule has 0 radical (unpaired) electrons. The van der Waals surface area contributed by atoms with Crippen LogP contribution in [0.4, 0.5) is 5.69 Å². The molecule has 9 nitrogen and oxygen atoms in total. The molecule has 2 aromatic heterocycles. The number of aromatic amines is 1. The summed E-state index contributed by atoms with van der Waals surface area (Å²) in [6.07, 6.45) is 3.28. The minimum atomic E-state index is -3.67. The minimum Gasteiger partial charge on any atom is -0.408 e. The van der Waals surface area contributed by atoms with E-state index in [4.69, 9.17) is 4.42 Å². The summed E-state index contributed by atoms with van der Waals surface area (Å²) in [5, 5.41) is 0.946. The molecule has 10 heteroatoms. The highest BCUT2D eigenvalue weighted by molar-refractivity contribution is 7.89. The van der Waals surface area contributed by atoms with Crippen molar-refractivity contribution in [1.82, 2.24) is 19.3 Å². The zero-order valence-corrected chi connectivity index (χ0v) is 16.1. The van der Waals surface area contributed by atoms with Crippen LogP contribution in [0.2, 0.25) is 0 Å². The fourth-order valence-electron chi connectivity index (χ4n) is 3.59. The number of anilines is 1. The van der Waals surface area contributed by atoms with Crippen LogP contribution in [0, 0.1) is 0 Å². The van der Waals surface area contributed by atoms with Crippen molar-refractivity contribution in [3.63, 3.8) is 0 Å². The number of nitrogens with zero attached hydrogens (tertiary/aromatic N) is 4. The minimum absolute atomic E-state index is 0.115. The van der Waals surface area contributed by atoms with E-state index in [0.717, 1.165) is 16.6 Å². The fraction of sp³-hybridized carbons (Fsp3) is 0.211. The summed E-state index contributed by atoms with van der Waals surface area (Å²) in [4.78, 5) is 24.4. The van der Waals surface area contributed by atoms with E-state index in [-0.39, 0.29) is 10.5 Å². The average Bonchev–Trinajstić information content (AvgIpc) is 3.12. The van der Waals surface area contributed by atoms with Crippen molar-refractivity contribution in [1.29, 1.82) is 0 Å². The zero-order chi connectivity index (χ0) is 20.0. The Kier molecular flexibility index (Phi) is 4.10. The third-order valence-corrected chi connectivity index (χ3v) is 7.02. The normalized spacial score (nSPS) is 15.9. The Bertz CT molecular complexity index is 1370. The van der Waals surface area contributed by atoms with Gasteiger partial charge in [-0.2, -0.15) is 4.31 Å². The van der Waals surface area contributed by atoms with Crippen molar-refractivity contribution >= 4 is 37.7 Å². The summed E-state index contributed by atoms with van der Waals surface area (Å²) in [6, 6.07) is 10.4. The maximum Gasteiger partial charge on any atom is 0.417 e. The first-order valence-corrected chi connectivity index (χ1v) is 10.5. The molecule has 5 rings (SSSR count). The first-order valence-electron chi connectivity index (χ1n) is 9.08. The lowest BCUT2D eigenvalue weighted by molar-refractivity contribution is 0.385. The molecular formula is C19H17N5O4S. The van der Waals surface area contributed by atoms with Crippen LogP contribution in [-0.2, 0) is 10.0 Å². The number of H-pyrrole nitrogens is 1. The molecule has 0 aliphatic carbocycles. The maximum absolute atomic E-state index is 13.0. The van der Waals surface area contributed by atoms with Gasteiger partial charge in [0.25, 0.3) is 0 Å². The molecule has 2 aromatic carbocycles. The topological polar surface area (TPSA) is 112 Å². The molecule has 1 N–H and O–H groups in total. The highest BCUT2D eigenvalue weighted by Gasteiger charge is 2.29. The van der Waals surface area contributed by atoms with E-state index in [9.17, 15) is 13.2 Å². The Morgan fingerprint density at radius 1 is 1.03 bits per heavy atom. The van der Waals surface area contributed by atoms with Crippen molar-refractivity contribution in [2.75, 3.05) is 31.1 Å². The number of fused-ring (bicyclic) bond motifs is 2. The second kappa shape index (κ2) is 6.68. The predicted molar refractivity (Wildman–Crippen MR) is 107 cm³/mol. The van der Waals surface area contributed by atoms with E-state index in [1.165, 1.54) is 22.8 Å². The second-order valence-electron chi connectivity index (χ2n) is 6.83. The van der Waals surface area contributed by atoms with E-state index in [2.05, 4.69) is 19.9 Å². The number of sulfonamides is 1. The van der Waals surface area contributed by atoms with Crippen LogP contribution in [0.1, 0.15) is 0 Å². The van der Waals surface area contributed by atoms with Crippen LogP contribution >= 0.6 is 0 Å². The Labute approximate surface area is 165 Å². The lowest BCUT2D eigenvalue weighted by Gasteiger charge is -2.35. The summed E-state index contributed by atoms with van der Waals surface area (Å²) in [5.74, 6) is -0.607. The maximum atomic E-state index is 13.0. The average molecular weight is 411 g/mol. The number of rotatable bonds is 3. The van der Waals surface area contributed by atoms with Gasteiger partial charge in [-0.1, -0.05) is 0 Å². The molecule has 29 heavy (non-hydrogen) atoms. The SMILES string of the molecule is O=c1[nH]c2ccc(S(=O)(=O)N3CCN(c4ccc5ncncc5c4)CC3)cc2o1. The van der Waals surface area contributed by atoms with Gasteiger partial charge in [0, 0.05) is 49.5 Å². The van der Waals surface area contributed by atoms with Gasteiger partial charge < -0.3 is 9.32 Å². The molecule has 0 unspecified atom stereocenters. The standard InChI is InChI=1S/C19H17N5O4S/c25-19-22-17-4-2-15(10-18(17)28-19)29(26,27)24-7-5-23(6-8-24)14-1-3-16-13(9-14)11-20-12-21-16/h1-4,9-12H,5-8H2,(H,22,25). The van der Waals surface area contributed by atoms with Gasteiger partial charge in [-0.25, -0.2) is 23.2 Å². The summed E-state index contributed by atoms with van der Waals surface area (Å²) in [5.41, 5.74) is 2.59. The van der Waals surface area contributed by atoms with Crippen molar-refractivity contribution < 1.29 is 12.8 Å². The van der Waals surface area contributed by atoms with E-state index < -0.39 is 15.8 Å². The van der Waals surface area contributed by atoms with Crippen LogP contribution in [0.15, 0.2) is 63.0 Å². The number of nitrogens with one attached hydrogen (secondary N) is 1. The predicted octanol–water partition coefficient (Wildman–Crippen LogP) is 1.58. The van der Waals surface area contributed by atoms with Gasteiger partial charge in [0.15, 0.2) is 5.58 Å². The molecule has 0 atom stereocenters. The number of oxazole rings is 1. The highest BCUT2D eigenvalue weighted by atomic mass is 32.2. The smallest absolute Gasteiger partial charge is 0.408 e. The van der Waals surface area contributed by atoms with E-state index in [0.29, 0.717) is 31.7 Å². The summed E-state index contributed by atoms with van der Waals surface area (Å²) < 4.78 is 32.5. The molecule has 1 saturated heterocycles. The van der Waals surface area contributed by atoms with Crippen LogP contribution < -0.4 is 10.7 Å². The summed E-state index contributed by atoms with van der Waals surface area (Å²) in [6.45, 7) is 1.86. The molecular weight excluding hydrogens is 394 g/mol. The Balaban J connectivity index is 1.36.